The Kier molecular flexibility index (Phi) is 7.80. The molecule has 24 heavy (non-hydrogen) atoms. The molecule has 0 aromatic rings. The van der Waals surface area contributed by atoms with Gasteiger partial charge in [-0.15, -0.1) is 0 Å². The monoisotopic (exact) mass is 334 g/mol. The van der Waals surface area contributed by atoms with Crippen LogP contribution in [0.1, 0.15) is 78.1 Å². The highest BCUT2D eigenvalue weighted by Crippen LogP contribution is 2.29. The van der Waals surface area contributed by atoms with E-state index in [9.17, 15) is 9.59 Å². The van der Waals surface area contributed by atoms with Crippen molar-refractivity contribution in [2.75, 3.05) is 6.54 Å². The maximum atomic E-state index is 12.1. The molecule has 0 radical (unpaired) electrons. The third-order valence-electron chi connectivity index (χ3n) is 5.79. The van der Waals surface area contributed by atoms with Gasteiger partial charge in [0.25, 0.3) is 0 Å². The van der Waals surface area contributed by atoms with E-state index >= 15 is 0 Å². The predicted octanol–water partition coefficient (Wildman–Crippen LogP) is 3.71. The van der Waals surface area contributed by atoms with E-state index in [4.69, 9.17) is 0 Å². The van der Waals surface area contributed by atoms with Crippen LogP contribution >= 0.6 is 0 Å². The summed E-state index contributed by atoms with van der Waals surface area (Å²) in [5.41, 5.74) is 1.47. The first-order chi connectivity index (χ1) is 11.6. The summed E-state index contributed by atoms with van der Waals surface area (Å²) in [4.78, 5) is 24.0. The third-order valence-corrected chi connectivity index (χ3v) is 5.79. The van der Waals surface area contributed by atoms with Crippen LogP contribution in [0.25, 0.3) is 0 Å². The van der Waals surface area contributed by atoms with E-state index in [0.29, 0.717) is 31.2 Å². The third kappa shape index (κ3) is 6.29. The summed E-state index contributed by atoms with van der Waals surface area (Å²) in [5.74, 6) is 1.21. The second kappa shape index (κ2) is 9.85. The lowest BCUT2D eigenvalue weighted by Crippen LogP contribution is -2.43. The van der Waals surface area contributed by atoms with Gasteiger partial charge in [0.1, 0.15) is 0 Å². The minimum absolute atomic E-state index is 0.00776. The van der Waals surface area contributed by atoms with Gasteiger partial charge in [0.2, 0.25) is 11.8 Å². The molecule has 4 heteroatoms. The smallest absolute Gasteiger partial charge is 0.220 e. The molecule has 2 rings (SSSR count). The lowest BCUT2D eigenvalue weighted by atomic mass is 9.78. The number of amides is 2. The fourth-order valence-electron chi connectivity index (χ4n) is 3.87. The molecule has 136 valence electrons. The molecule has 0 bridgehead atoms. The van der Waals surface area contributed by atoms with Crippen LogP contribution < -0.4 is 10.6 Å². The Morgan fingerprint density at radius 1 is 1.08 bits per heavy atom. The SMILES string of the molecule is C[C@@H]1[C@@H](C)CCC[C@H]1NC(=O)CCC(=O)NCCC1=CCCCC1. The zero-order chi connectivity index (χ0) is 17.4. The average molecular weight is 335 g/mol. The van der Waals surface area contributed by atoms with E-state index in [2.05, 4.69) is 30.6 Å². The molecule has 2 amide bonds. The largest absolute Gasteiger partial charge is 0.356 e. The summed E-state index contributed by atoms with van der Waals surface area (Å²) in [6.07, 6.45) is 12.3. The lowest BCUT2D eigenvalue weighted by Gasteiger charge is -2.34. The molecule has 0 heterocycles. The molecule has 0 aliphatic heterocycles. The molecule has 0 aromatic heterocycles. The number of allylic oxidation sites excluding steroid dienone is 1. The zero-order valence-corrected chi connectivity index (χ0v) is 15.4. The molecule has 2 aliphatic rings. The fraction of sp³-hybridized carbons (Fsp3) is 0.800. The first-order valence-electron chi connectivity index (χ1n) is 9.80. The van der Waals surface area contributed by atoms with Crippen molar-refractivity contribution in [1.82, 2.24) is 10.6 Å². The summed E-state index contributed by atoms with van der Waals surface area (Å²) in [7, 11) is 0. The van der Waals surface area contributed by atoms with Crippen LogP contribution in [0, 0.1) is 11.8 Å². The van der Waals surface area contributed by atoms with E-state index in [1.165, 1.54) is 44.1 Å². The van der Waals surface area contributed by atoms with Gasteiger partial charge in [-0.3, -0.25) is 9.59 Å². The van der Waals surface area contributed by atoms with E-state index in [-0.39, 0.29) is 17.9 Å². The molecule has 0 aromatic carbocycles. The zero-order valence-electron chi connectivity index (χ0n) is 15.4. The molecular weight excluding hydrogens is 300 g/mol. The van der Waals surface area contributed by atoms with Crippen LogP contribution in [0.15, 0.2) is 11.6 Å². The molecular formula is C20H34N2O2. The number of hydrogen-bond acceptors (Lipinski definition) is 2. The number of hydrogen-bond donors (Lipinski definition) is 2. The van der Waals surface area contributed by atoms with Crippen LogP contribution in [0.4, 0.5) is 0 Å². The van der Waals surface area contributed by atoms with Gasteiger partial charge < -0.3 is 10.6 Å². The van der Waals surface area contributed by atoms with Crippen molar-refractivity contribution in [1.29, 1.82) is 0 Å². The van der Waals surface area contributed by atoms with Crippen molar-refractivity contribution in [2.24, 2.45) is 11.8 Å². The summed E-state index contributed by atoms with van der Waals surface area (Å²) in [5, 5.41) is 6.08. The van der Waals surface area contributed by atoms with E-state index in [0.717, 1.165) is 12.8 Å². The molecule has 0 saturated heterocycles. The summed E-state index contributed by atoms with van der Waals surface area (Å²) in [6, 6.07) is 0.280. The number of rotatable bonds is 7. The fourth-order valence-corrected chi connectivity index (χ4v) is 3.87. The van der Waals surface area contributed by atoms with Crippen molar-refractivity contribution in [3.63, 3.8) is 0 Å². The van der Waals surface area contributed by atoms with E-state index in [1.807, 2.05) is 0 Å². The Bertz CT molecular complexity index is 459. The summed E-state index contributed by atoms with van der Waals surface area (Å²) < 4.78 is 0. The molecule has 0 spiro atoms. The van der Waals surface area contributed by atoms with Gasteiger partial charge in [-0.1, -0.05) is 38.3 Å². The van der Waals surface area contributed by atoms with Crippen LogP contribution in [0.3, 0.4) is 0 Å². The first kappa shape index (κ1) is 19.0. The molecule has 0 unspecified atom stereocenters. The van der Waals surface area contributed by atoms with Gasteiger partial charge in [-0.05, 0) is 50.4 Å². The van der Waals surface area contributed by atoms with Crippen molar-refractivity contribution in [3.8, 4) is 0 Å². The molecule has 2 N–H and O–H groups in total. The van der Waals surface area contributed by atoms with Crippen molar-refractivity contribution in [3.05, 3.63) is 11.6 Å². The molecule has 2 aliphatic carbocycles. The topological polar surface area (TPSA) is 58.2 Å². The minimum atomic E-state index is -0.00776. The van der Waals surface area contributed by atoms with E-state index < -0.39 is 0 Å². The maximum absolute atomic E-state index is 12.1. The highest BCUT2D eigenvalue weighted by molar-refractivity contribution is 5.83. The summed E-state index contributed by atoms with van der Waals surface area (Å²) >= 11 is 0. The van der Waals surface area contributed by atoms with Crippen LogP contribution in [-0.2, 0) is 9.59 Å². The Morgan fingerprint density at radius 2 is 1.88 bits per heavy atom. The highest BCUT2D eigenvalue weighted by atomic mass is 16.2. The second-order valence-electron chi connectivity index (χ2n) is 7.65. The average Bonchev–Trinajstić information content (AvgIpc) is 2.58. The quantitative estimate of drug-likeness (QED) is 0.697. The maximum Gasteiger partial charge on any atom is 0.220 e. The number of carbonyl (C=O) groups is 2. The van der Waals surface area contributed by atoms with Crippen LogP contribution in [-0.4, -0.2) is 24.4 Å². The van der Waals surface area contributed by atoms with Crippen LogP contribution in [0.2, 0.25) is 0 Å². The Hall–Kier alpha value is -1.32. The molecule has 1 saturated carbocycles. The minimum Gasteiger partial charge on any atom is -0.356 e. The lowest BCUT2D eigenvalue weighted by molar-refractivity contribution is -0.127. The standard InChI is InChI=1S/C20H34N2O2/c1-15-7-6-10-18(16(15)2)22-20(24)12-11-19(23)21-14-13-17-8-4-3-5-9-17/h8,15-16,18H,3-7,9-14H2,1-2H3,(H,21,23)(H,22,24)/t15-,16+,18+/m0/s1. The van der Waals surface area contributed by atoms with Gasteiger partial charge in [0.15, 0.2) is 0 Å². The van der Waals surface area contributed by atoms with Gasteiger partial charge in [0.05, 0.1) is 0 Å². The first-order valence-corrected chi connectivity index (χ1v) is 9.80. The van der Waals surface area contributed by atoms with E-state index in [1.54, 1.807) is 0 Å². The van der Waals surface area contributed by atoms with Gasteiger partial charge in [-0.2, -0.15) is 0 Å². The molecule has 3 atom stereocenters. The number of nitrogens with one attached hydrogen (secondary N) is 2. The number of carbonyl (C=O) groups excluding carboxylic acids is 2. The summed E-state index contributed by atoms with van der Waals surface area (Å²) in [6.45, 7) is 5.18. The highest BCUT2D eigenvalue weighted by Gasteiger charge is 2.28. The van der Waals surface area contributed by atoms with Gasteiger partial charge in [-0.25, -0.2) is 0 Å². The normalized spacial score (nSPS) is 27.2. The molecule has 1 fully saturated rings. The van der Waals surface area contributed by atoms with Crippen molar-refractivity contribution >= 4 is 11.8 Å². The Balaban J connectivity index is 1.59. The molecule has 4 nitrogen and oxygen atoms in total. The second-order valence-corrected chi connectivity index (χ2v) is 7.65. The Morgan fingerprint density at radius 3 is 2.62 bits per heavy atom. The van der Waals surface area contributed by atoms with Gasteiger partial charge >= 0.3 is 0 Å². The Labute approximate surface area is 146 Å². The predicted molar refractivity (Wildman–Crippen MR) is 97.5 cm³/mol. The van der Waals surface area contributed by atoms with Crippen molar-refractivity contribution < 1.29 is 9.59 Å². The van der Waals surface area contributed by atoms with Crippen molar-refractivity contribution in [2.45, 2.75) is 84.1 Å². The van der Waals surface area contributed by atoms with Crippen LogP contribution in [0.5, 0.6) is 0 Å². The van der Waals surface area contributed by atoms with Gasteiger partial charge in [0, 0.05) is 25.4 Å².